The maximum absolute atomic E-state index is 12.7. The molecule has 3 aromatic rings. The first-order valence-electron chi connectivity index (χ1n) is 8.73. The third kappa shape index (κ3) is 4.52. The molecule has 0 fully saturated rings. The van der Waals surface area contributed by atoms with Gasteiger partial charge in [0, 0.05) is 49.8 Å². The second kappa shape index (κ2) is 8.27. The number of hydrogen-bond donors (Lipinski definition) is 2. The van der Waals surface area contributed by atoms with Gasteiger partial charge in [-0.3, -0.25) is 14.8 Å². The second-order valence-corrected chi connectivity index (χ2v) is 8.47. The zero-order valence-electron chi connectivity index (χ0n) is 16.1. The molecule has 0 aliphatic carbocycles. The van der Waals surface area contributed by atoms with Crippen LogP contribution in [0.5, 0.6) is 0 Å². The van der Waals surface area contributed by atoms with E-state index in [4.69, 9.17) is 0 Å². The smallest absolute Gasteiger partial charge is 0.268 e. The average molecular weight is 411 g/mol. The van der Waals surface area contributed by atoms with E-state index in [0.717, 1.165) is 10.9 Å². The Morgan fingerprint density at radius 2 is 2.07 bits per heavy atom. The summed E-state index contributed by atoms with van der Waals surface area (Å²) < 4.78 is 25.3. The standard InChI is InChI=1S/C20H21N5O3S/c1-4-16(13-25(2)3)29(27,28)17-6-5-15(22-12-17)11-23-20(26)19-9-14-10-21-8-7-18(14)24-19/h4-10,12-13,24H,1,11H2,2-3H3,(H,23,26)/b16-13+. The van der Waals surface area contributed by atoms with E-state index in [9.17, 15) is 13.2 Å². The zero-order chi connectivity index (χ0) is 21.0. The molecule has 0 aromatic carbocycles. The quantitative estimate of drug-likeness (QED) is 0.578. The van der Waals surface area contributed by atoms with Gasteiger partial charge in [0.05, 0.1) is 22.0 Å². The number of H-pyrrole nitrogens is 1. The molecule has 1 amide bonds. The molecule has 0 aliphatic rings. The largest absolute Gasteiger partial charge is 0.382 e. The van der Waals surface area contributed by atoms with Crippen LogP contribution < -0.4 is 5.32 Å². The number of aromatic amines is 1. The highest BCUT2D eigenvalue weighted by molar-refractivity contribution is 7.95. The zero-order valence-corrected chi connectivity index (χ0v) is 16.9. The minimum atomic E-state index is -3.71. The molecular weight excluding hydrogens is 390 g/mol. The van der Waals surface area contributed by atoms with E-state index in [1.807, 2.05) is 0 Å². The molecule has 0 saturated carbocycles. The fourth-order valence-electron chi connectivity index (χ4n) is 2.66. The number of aromatic nitrogens is 3. The molecule has 3 aromatic heterocycles. The molecule has 2 N–H and O–H groups in total. The van der Waals surface area contributed by atoms with Crippen molar-refractivity contribution in [1.29, 1.82) is 0 Å². The molecule has 0 unspecified atom stereocenters. The molecule has 3 heterocycles. The summed E-state index contributed by atoms with van der Waals surface area (Å²) in [5.41, 5.74) is 1.77. The van der Waals surface area contributed by atoms with Gasteiger partial charge in [-0.05, 0) is 30.3 Å². The highest BCUT2D eigenvalue weighted by Crippen LogP contribution is 2.20. The van der Waals surface area contributed by atoms with Crippen molar-refractivity contribution in [2.75, 3.05) is 14.1 Å². The topological polar surface area (TPSA) is 108 Å². The molecule has 9 heteroatoms. The van der Waals surface area contributed by atoms with Gasteiger partial charge < -0.3 is 15.2 Å². The monoisotopic (exact) mass is 411 g/mol. The van der Waals surface area contributed by atoms with Crippen molar-refractivity contribution in [1.82, 2.24) is 25.2 Å². The number of nitrogens with zero attached hydrogens (tertiary/aromatic N) is 3. The Balaban J connectivity index is 1.70. The molecule has 0 spiro atoms. The van der Waals surface area contributed by atoms with Crippen LogP contribution in [0.4, 0.5) is 0 Å². The summed E-state index contributed by atoms with van der Waals surface area (Å²) in [6.45, 7) is 3.73. The Kier molecular flexibility index (Phi) is 5.79. The fraction of sp³-hybridized carbons (Fsp3) is 0.150. The SMILES string of the molecule is C=C/C(=C\N(C)C)S(=O)(=O)c1ccc(CNC(=O)c2cc3cnccc3[nH]2)nc1. The highest BCUT2D eigenvalue weighted by atomic mass is 32.2. The lowest BCUT2D eigenvalue weighted by Gasteiger charge is -2.10. The Morgan fingerprint density at radius 3 is 2.69 bits per heavy atom. The minimum absolute atomic E-state index is 0.0590. The van der Waals surface area contributed by atoms with E-state index in [1.165, 1.54) is 24.5 Å². The summed E-state index contributed by atoms with van der Waals surface area (Å²) >= 11 is 0. The highest BCUT2D eigenvalue weighted by Gasteiger charge is 2.19. The molecule has 150 valence electrons. The van der Waals surface area contributed by atoms with Gasteiger partial charge in [0.15, 0.2) is 0 Å². The third-order valence-corrected chi connectivity index (χ3v) is 5.86. The fourth-order valence-corrected chi connectivity index (χ4v) is 3.94. The maximum Gasteiger partial charge on any atom is 0.268 e. The first kappa shape index (κ1) is 20.3. The number of amides is 1. The Morgan fingerprint density at radius 1 is 1.28 bits per heavy atom. The molecule has 3 rings (SSSR count). The third-order valence-electron chi connectivity index (χ3n) is 4.10. The Bertz CT molecular complexity index is 1150. The van der Waals surface area contributed by atoms with Crippen LogP contribution in [0.3, 0.4) is 0 Å². The van der Waals surface area contributed by atoms with Gasteiger partial charge in [-0.25, -0.2) is 8.42 Å². The molecule has 0 aliphatic heterocycles. The van der Waals surface area contributed by atoms with E-state index >= 15 is 0 Å². The Labute approximate surface area is 168 Å². The van der Waals surface area contributed by atoms with Crippen molar-refractivity contribution in [3.63, 3.8) is 0 Å². The van der Waals surface area contributed by atoms with E-state index in [-0.39, 0.29) is 22.3 Å². The van der Waals surface area contributed by atoms with E-state index in [1.54, 1.807) is 49.6 Å². The predicted molar refractivity (Wildman–Crippen MR) is 111 cm³/mol. The lowest BCUT2D eigenvalue weighted by atomic mass is 10.3. The van der Waals surface area contributed by atoms with Crippen LogP contribution in [0.25, 0.3) is 10.9 Å². The van der Waals surface area contributed by atoms with Gasteiger partial charge in [-0.15, -0.1) is 0 Å². The summed E-state index contributed by atoms with van der Waals surface area (Å²) in [5, 5.41) is 3.60. The lowest BCUT2D eigenvalue weighted by Crippen LogP contribution is -2.23. The van der Waals surface area contributed by atoms with Crippen molar-refractivity contribution >= 4 is 26.6 Å². The van der Waals surface area contributed by atoms with Gasteiger partial charge >= 0.3 is 0 Å². The first-order valence-corrected chi connectivity index (χ1v) is 10.2. The van der Waals surface area contributed by atoms with Crippen LogP contribution in [-0.2, 0) is 16.4 Å². The first-order chi connectivity index (χ1) is 13.8. The van der Waals surface area contributed by atoms with Gasteiger partial charge in [-0.1, -0.05) is 6.58 Å². The number of carbonyl (C=O) groups excluding carboxylic acids is 1. The number of fused-ring (bicyclic) bond motifs is 1. The number of allylic oxidation sites excluding steroid dienone is 1. The van der Waals surface area contributed by atoms with Crippen molar-refractivity contribution in [3.8, 4) is 0 Å². The average Bonchev–Trinajstić information content (AvgIpc) is 3.14. The van der Waals surface area contributed by atoms with Crippen LogP contribution in [0, 0.1) is 0 Å². The number of carbonyl (C=O) groups is 1. The lowest BCUT2D eigenvalue weighted by molar-refractivity contribution is 0.0946. The molecule has 0 radical (unpaired) electrons. The molecule has 8 nitrogen and oxygen atoms in total. The Hall–Kier alpha value is -3.46. The van der Waals surface area contributed by atoms with E-state index < -0.39 is 9.84 Å². The van der Waals surface area contributed by atoms with E-state index in [0.29, 0.717) is 11.4 Å². The molecule has 0 atom stereocenters. The minimum Gasteiger partial charge on any atom is -0.382 e. The van der Waals surface area contributed by atoms with Crippen LogP contribution in [0.15, 0.2) is 71.5 Å². The predicted octanol–water partition coefficient (Wildman–Crippen LogP) is 2.25. The summed E-state index contributed by atoms with van der Waals surface area (Å²) in [4.78, 5) is 25.3. The molecular formula is C20H21N5O3S. The van der Waals surface area contributed by atoms with Gasteiger partial charge in [0.2, 0.25) is 9.84 Å². The summed E-state index contributed by atoms with van der Waals surface area (Å²) in [6, 6.07) is 6.54. The van der Waals surface area contributed by atoms with Crippen LogP contribution >= 0.6 is 0 Å². The summed E-state index contributed by atoms with van der Waals surface area (Å²) in [7, 11) is -0.254. The number of nitrogens with one attached hydrogen (secondary N) is 2. The normalized spacial score (nSPS) is 12.0. The van der Waals surface area contributed by atoms with Crippen LogP contribution in [-0.4, -0.2) is 48.3 Å². The maximum atomic E-state index is 12.7. The molecule has 0 bridgehead atoms. The summed E-state index contributed by atoms with van der Waals surface area (Å²) in [6.07, 6.45) is 7.36. The number of sulfone groups is 1. The summed E-state index contributed by atoms with van der Waals surface area (Å²) in [5.74, 6) is -0.289. The van der Waals surface area contributed by atoms with E-state index in [2.05, 4.69) is 26.8 Å². The van der Waals surface area contributed by atoms with Crippen molar-refractivity contribution in [2.24, 2.45) is 0 Å². The second-order valence-electron chi connectivity index (χ2n) is 6.52. The van der Waals surface area contributed by atoms with Crippen LogP contribution in [0.2, 0.25) is 0 Å². The van der Waals surface area contributed by atoms with Crippen molar-refractivity contribution in [3.05, 3.63) is 78.0 Å². The number of pyridine rings is 2. The van der Waals surface area contributed by atoms with Gasteiger partial charge in [-0.2, -0.15) is 0 Å². The van der Waals surface area contributed by atoms with Crippen LogP contribution in [0.1, 0.15) is 16.2 Å². The van der Waals surface area contributed by atoms with Gasteiger partial charge in [0.25, 0.3) is 5.91 Å². The van der Waals surface area contributed by atoms with Crippen molar-refractivity contribution < 1.29 is 13.2 Å². The molecule has 0 saturated heterocycles. The molecule has 29 heavy (non-hydrogen) atoms. The number of rotatable bonds is 7. The number of hydrogen-bond acceptors (Lipinski definition) is 6. The van der Waals surface area contributed by atoms with Gasteiger partial charge in [0.1, 0.15) is 5.69 Å². The van der Waals surface area contributed by atoms with Crippen molar-refractivity contribution in [2.45, 2.75) is 11.4 Å².